The fourth-order valence-corrected chi connectivity index (χ4v) is 2.46. The highest BCUT2D eigenvalue weighted by atomic mass is 16.3. The highest BCUT2D eigenvalue weighted by molar-refractivity contribution is 5.60. The molecule has 1 heterocycles. The van der Waals surface area contributed by atoms with Crippen LogP contribution in [-0.2, 0) is 6.42 Å². The molecule has 1 aliphatic heterocycles. The van der Waals surface area contributed by atoms with Crippen LogP contribution in [0.2, 0.25) is 0 Å². The van der Waals surface area contributed by atoms with Crippen molar-refractivity contribution in [2.24, 2.45) is 0 Å². The van der Waals surface area contributed by atoms with E-state index in [0.717, 1.165) is 18.5 Å². The summed E-state index contributed by atoms with van der Waals surface area (Å²) < 4.78 is 0. The lowest BCUT2D eigenvalue weighted by molar-refractivity contribution is 0.199. The molecule has 0 aromatic heterocycles. The van der Waals surface area contributed by atoms with Gasteiger partial charge in [0.05, 0.1) is 6.10 Å². The molecule has 0 saturated heterocycles. The third-order valence-corrected chi connectivity index (χ3v) is 3.28. The number of rotatable bonds is 2. The van der Waals surface area contributed by atoms with Gasteiger partial charge in [-0.15, -0.1) is 0 Å². The molecule has 0 radical (unpaired) electrons. The van der Waals surface area contributed by atoms with E-state index in [0.29, 0.717) is 6.04 Å². The fourth-order valence-electron chi connectivity index (χ4n) is 2.46. The van der Waals surface area contributed by atoms with Crippen LogP contribution in [0.15, 0.2) is 18.2 Å². The predicted octanol–water partition coefficient (Wildman–Crippen LogP) is 2.51. The number of nitrogens with zero attached hydrogens (tertiary/aromatic N) is 1. The Balaban J connectivity index is 2.37. The molecule has 1 aliphatic rings. The van der Waals surface area contributed by atoms with E-state index >= 15 is 0 Å². The average molecular weight is 205 g/mol. The number of hydrogen-bond acceptors (Lipinski definition) is 2. The lowest BCUT2D eigenvalue weighted by Gasteiger charge is -2.22. The summed E-state index contributed by atoms with van der Waals surface area (Å²) in [6.07, 6.45) is 0.741. The number of hydrogen-bond donors (Lipinski definition) is 1. The van der Waals surface area contributed by atoms with E-state index in [-0.39, 0.29) is 6.10 Å². The van der Waals surface area contributed by atoms with Gasteiger partial charge in [-0.2, -0.15) is 0 Å². The lowest BCUT2D eigenvalue weighted by Crippen LogP contribution is -2.28. The van der Waals surface area contributed by atoms with E-state index in [1.165, 1.54) is 11.3 Å². The zero-order chi connectivity index (χ0) is 11.0. The van der Waals surface area contributed by atoms with Crippen molar-refractivity contribution in [3.63, 3.8) is 0 Å². The normalized spacial score (nSPS) is 21.6. The van der Waals surface area contributed by atoms with E-state index in [1.807, 2.05) is 13.0 Å². The molecule has 2 atom stereocenters. The minimum Gasteiger partial charge on any atom is -0.389 e. The molecule has 15 heavy (non-hydrogen) atoms. The number of benzene rings is 1. The van der Waals surface area contributed by atoms with Gasteiger partial charge in [0.15, 0.2) is 0 Å². The summed E-state index contributed by atoms with van der Waals surface area (Å²) in [6, 6.07) is 6.91. The summed E-state index contributed by atoms with van der Waals surface area (Å²) in [7, 11) is 0. The van der Waals surface area contributed by atoms with Gasteiger partial charge in [0.2, 0.25) is 0 Å². The highest BCUT2D eigenvalue weighted by Crippen LogP contribution is 2.33. The van der Waals surface area contributed by atoms with Crippen molar-refractivity contribution >= 4 is 5.69 Å². The molecule has 0 fully saturated rings. The first-order chi connectivity index (χ1) is 7.13. The van der Waals surface area contributed by atoms with Gasteiger partial charge in [-0.25, -0.2) is 0 Å². The third kappa shape index (κ3) is 1.74. The number of aliphatic hydroxyl groups excluding tert-OH is 1. The highest BCUT2D eigenvalue weighted by Gasteiger charge is 2.24. The van der Waals surface area contributed by atoms with Crippen LogP contribution in [0.3, 0.4) is 0 Å². The number of aliphatic hydroxyl groups is 1. The zero-order valence-electron chi connectivity index (χ0n) is 9.70. The van der Waals surface area contributed by atoms with E-state index in [1.54, 1.807) is 0 Å². The molecule has 0 amide bonds. The third-order valence-electron chi connectivity index (χ3n) is 3.28. The molecule has 82 valence electrons. The Labute approximate surface area is 91.5 Å². The fraction of sp³-hybridized carbons (Fsp3) is 0.538. The first-order valence-electron chi connectivity index (χ1n) is 5.71. The van der Waals surface area contributed by atoms with Gasteiger partial charge in [0.25, 0.3) is 0 Å². The molecular weight excluding hydrogens is 186 g/mol. The minimum absolute atomic E-state index is 0.360. The second kappa shape index (κ2) is 3.86. The summed E-state index contributed by atoms with van der Waals surface area (Å²) in [5.41, 5.74) is 3.75. The maximum Gasteiger partial charge on any atom is 0.0762 e. The molecule has 1 N–H and O–H groups in total. The van der Waals surface area contributed by atoms with Crippen LogP contribution in [0, 0.1) is 0 Å². The van der Waals surface area contributed by atoms with Gasteiger partial charge in [-0.3, -0.25) is 0 Å². The quantitative estimate of drug-likeness (QED) is 0.802. The van der Waals surface area contributed by atoms with Crippen molar-refractivity contribution < 1.29 is 5.11 Å². The van der Waals surface area contributed by atoms with Crippen molar-refractivity contribution in [2.45, 2.75) is 39.3 Å². The van der Waals surface area contributed by atoms with Crippen LogP contribution in [0.1, 0.15) is 38.0 Å². The molecule has 0 saturated carbocycles. The summed E-state index contributed by atoms with van der Waals surface area (Å²) in [4.78, 5) is 2.42. The van der Waals surface area contributed by atoms with Gasteiger partial charge in [0.1, 0.15) is 0 Å². The molecule has 0 spiro atoms. The van der Waals surface area contributed by atoms with Crippen LogP contribution >= 0.6 is 0 Å². The maximum atomic E-state index is 9.53. The Morgan fingerprint density at radius 3 is 2.87 bits per heavy atom. The molecule has 2 rings (SSSR count). The second-order valence-electron chi connectivity index (χ2n) is 4.40. The maximum absolute atomic E-state index is 9.53. The first-order valence-corrected chi connectivity index (χ1v) is 5.71. The van der Waals surface area contributed by atoms with E-state index in [9.17, 15) is 5.11 Å². The first kappa shape index (κ1) is 10.5. The van der Waals surface area contributed by atoms with Crippen molar-refractivity contribution in [2.75, 3.05) is 11.4 Å². The summed E-state index contributed by atoms with van der Waals surface area (Å²) in [6.45, 7) is 7.32. The number of anilines is 1. The van der Waals surface area contributed by atoms with Gasteiger partial charge < -0.3 is 10.0 Å². The van der Waals surface area contributed by atoms with E-state index in [4.69, 9.17) is 0 Å². The Morgan fingerprint density at radius 2 is 2.27 bits per heavy atom. The summed E-state index contributed by atoms with van der Waals surface area (Å²) in [5.74, 6) is 0. The Bertz CT molecular complexity index is 360. The Kier molecular flexibility index (Phi) is 2.70. The van der Waals surface area contributed by atoms with Crippen LogP contribution in [-0.4, -0.2) is 17.7 Å². The molecule has 2 heteroatoms. The molecule has 1 aromatic carbocycles. The zero-order valence-corrected chi connectivity index (χ0v) is 9.70. The van der Waals surface area contributed by atoms with E-state index in [2.05, 4.69) is 30.9 Å². The minimum atomic E-state index is -0.360. The van der Waals surface area contributed by atoms with Gasteiger partial charge in [0, 0.05) is 18.3 Å². The molecule has 2 nitrogen and oxygen atoms in total. The molecule has 0 aliphatic carbocycles. The van der Waals surface area contributed by atoms with Gasteiger partial charge >= 0.3 is 0 Å². The van der Waals surface area contributed by atoms with Crippen LogP contribution < -0.4 is 4.90 Å². The number of fused-ring (bicyclic) bond motifs is 1. The SMILES string of the molecule is CCN1c2ccc(C(C)O)cc2CC1C. The molecule has 2 unspecified atom stereocenters. The second-order valence-corrected chi connectivity index (χ2v) is 4.40. The standard InChI is InChI=1S/C13H19NO/c1-4-14-9(2)7-12-8-11(10(3)15)5-6-13(12)14/h5-6,8-10,15H,4,7H2,1-3H3. The smallest absolute Gasteiger partial charge is 0.0762 e. The van der Waals surface area contributed by atoms with Gasteiger partial charge in [-0.05, 0) is 44.4 Å². The number of likely N-dealkylation sites (N-methyl/N-ethyl adjacent to an activating group) is 1. The van der Waals surface area contributed by atoms with Gasteiger partial charge in [-0.1, -0.05) is 12.1 Å². The van der Waals surface area contributed by atoms with Crippen molar-refractivity contribution in [3.8, 4) is 0 Å². The monoisotopic (exact) mass is 205 g/mol. The largest absolute Gasteiger partial charge is 0.389 e. The van der Waals surface area contributed by atoms with Crippen molar-refractivity contribution in [1.29, 1.82) is 0 Å². The van der Waals surface area contributed by atoms with Crippen molar-refractivity contribution in [3.05, 3.63) is 29.3 Å². The Hall–Kier alpha value is -1.02. The van der Waals surface area contributed by atoms with E-state index < -0.39 is 0 Å². The topological polar surface area (TPSA) is 23.5 Å². The molecule has 1 aromatic rings. The summed E-state index contributed by atoms with van der Waals surface area (Å²) in [5, 5.41) is 9.53. The van der Waals surface area contributed by atoms with Crippen LogP contribution in [0.5, 0.6) is 0 Å². The van der Waals surface area contributed by atoms with Crippen molar-refractivity contribution in [1.82, 2.24) is 0 Å². The summed E-state index contributed by atoms with van der Waals surface area (Å²) >= 11 is 0. The predicted molar refractivity (Wildman–Crippen MR) is 63.3 cm³/mol. The molecule has 0 bridgehead atoms. The van der Waals surface area contributed by atoms with Crippen LogP contribution in [0.4, 0.5) is 5.69 Å². The van der Waals surface area contributed by atoms with Crippen LogP contribution in [0.25, 0.3) is 0 Å². The average Bonchev–Trinajstić information content (AvgIpc) is 2.51. The molecular formula is C13H19NO. The lowest BCUT2D eigenvalue weighted by atomic mass is 10.0. The Morgan fingerprint density at radius 1 is 1.53 bits per heavy atom.